The monoisotopic (exact) mass is 405 g/mol. The van der Waals surface area contributed by atoms with Crippen LogP contribution in [0.5, 0.6) is 0 Å². The maximum atomic E-state index is 12.3. The van der Waals surface area contributed by atoms with E-state index in [9.17, 15) is 18.0 Å². The number of carbonyl (C=O) groups is 2. The van der Waals surface area contributed by atoms with E-state index in [1.807, 2.05) is 6.92 Å². The number of rotatable bonds is 6. The summed E-state index contributed by atoms with van der Waals surface area (Å²) in [5, 5.41) is 13.0. The number of hydrogen-bond donors (Lipinski definition) is 3. The number of anilines is 1. The van der Waals surface area contributed by atoms with Crippen molar-refractivity contribution in [3.05, 3.63) is 42.1 Å². The largest absolute Gasteiger partial charge is 0.322 e. The number of carbonyl (C=O) groups excluding carboxylic acids is 2. The normalized spacial score (nSPS) is 19.9. The quantitative estimate of drug-likeness (QED) is 0.658. The third kappa shape index (κ3) is 4.76. The summed E-state index contributed by atoms with van der Waals surface area (Å²) in [7, 11) is -3.54. The molecule has 2 atom stereocenters. The van der Waals surface area contributed by atoms with E-state index in [0.29, 0.717) is 17.9 Å². The Balaban J connectivity index is 1.67. The van der Waals surface area contributed by atoms with Crippen LogP contribution in [0, 0.1) is 6.92 Å². The van der Waals surface area contributed by atoms with Crippen LogP contribution in [0.25, 0.3) is 0 Å². The molecule has 2 aromatic rings. The highest BCUT2D eigenvalue weighted by Crippen LogP contribution is 2.18. The molecule has 1 aromatic carbocycles. The van der Waals surface area contributed by atoms with Gasteiger partial charge < -0.3 is 10.6 Å². The van der Waals surface area contributed by atoms with Crippen molar-refractivity contribution in [2.75, 3.05) is 11.1 Å². The number of nitrogens with one attached hydrogen (secondary N) is 3. The lowest BCUT2D eigenvalue weighted by Gasteiger charge is -2.30. The Morgan fingerprint density at radius 1 is 1.32 bits per heavy atom. The first kappa shape index (κ1) is 20.0. The first-order valence-corrected chi connectivity index (χ1v) is 10.6. The molecule has 0 bridgehead atoms. The maximum Gasteiger partial charge on any atom is 0.226 e. The van der Waals surface area contributed by atoms with Crippen LogP contribution in [0.4, 0.5) is 5.82 Å². The van der Waals surface area contributed by atoms with Gasteiger partial charge in [0.15, 0.2) is 16.1 Å². The number of amides is 2. The van der Waals surface area contributed by atoms with E-state index in [4.69, 9.17) is 0 Å². The number of aryl methyl sites for hydroxylation is 1. The summed E-state index contributed by atoms with van der Waals surface area (Å²) in [4.78, 5) is 24.3. The van der Waals surface area contributed by atoms with Crippen molar-refractivity contribution in [2.45, 2.75) is 43.9 Å². The van der Waals surface area contributed by atoms with Crippen LogP contribution in [0.1, 0.15) is 31.7 Å². The maximum absolute atomic E-state index is 12.3. The van der Waals surface area contributed by atoms with Crippen molar-refractivity contribution in [3.63, 3.8) is 0 Å². The van der Waals surface area contributed by atoms with Crippen LogP contribution in [-0.4, -0.2) is 41.8 Å². The van der Waals surface area contributed by atoms with Crippen molar-refractivity contribution in [3.8, 4) is 0 Å². The van der Waals surface area contributed by atoms with Gasteiger partial charge in [-0.1, -0.05) is 18.2 Å². The summed E-state index contributed by atoms with van der Waals surface area (Å²) >= 11 is 0. The summed E-state index contributed by atoms with van der Waals surface area (Å²) in [6.45, 7) is 3.65. The van der Waals surface area contributed by atoms with Crippen LogP contribution < -0.4 is 16.0 Å². The minimum atomic E-state index is -3.54. The highest BCUT2D eigenvalue weighted by atomic mass is 32.2. The fraction of sp³-hybridized carbons (Fsp3) is 0.389. The molecular weight excluding hydrogens is 382 g/mol. The van der Waals surface area contributed by atoms with Gasteiger partial charge >= 0.3 is 0 Å². The van der Waals surface area contributed by atoms with E-state index in [1.54, 1.807) is 31.2 Å². The topological polar surface area (TPSA) is 122 Å². The number of nitrogens with zero attached hydrogens (tertiary/aromatic N) is 2. The van der Waals surface area contributed by atoms with Crippen LogP contribution in [0.15, 0.2) is 41.3 Å². The predicted molar refractivity (Wildman–Crippen MR) is 103 cm³/mol. The predicted octanol–water partition coefficient (Wildman–Crippen LogP) is 0.948. The zero-order valence-electron chi connectivity index (χ0n) is 15.7. The van der Waals surface area contributed by atoms with Gasteiger partial charge in [-0.3, -0.25) is 14.9 Å². The third-order valence-corrected chi connectivity index (χ3v) is 6.03. The molecule has 0 radical (unpaired) electrons. The van der Waals surface area contributed by atoms with Crippen LogP contribution >= 0.6 is 0 Å². The first-order valence-electron chi connectivity index (χ1n) is 8.94. The molecule has 0 aliphatic carbocycles. The summed E-state index contributed by atoms with van der Waals surface area (Å²) in [6, 6.07) is 9.64. The molecular formula is C18H23N5O4S. The summed E-state index contributed by atoms with van der Waals surface area (Å²) in [5.41, 5.74) is 0.654. The van der Waals surface area contributed by atoms with E-state index in [0.717, 1.165) is 0 Å². The number of aromatic nitrogens is 2. The summed E-state index contributed by atoms with van der Waals surface area (Å²) < 4.78 is 26.1. The smallest absolute Gasteiger partial charge is 0.226 e. The molecule has 9 nitrogen and oxygen atoms in total. The van der Waals surface area contributed by atoms with Gasteiger partial charge in [-0.25, -0.2) is 13.1 Å². The number of sulfone groups is 1. The van der Waals surface area contributed by atoms with Gasteiger partial charge in [0.25, 0.3) is 0 Å². The lowest BCUT2D eigenvalue weighted by molar-refractivity contribution is -0.125. The molecule has 3 rings (SSSR count). The van der Waals surface area contributed by atoms with E-state index in [-0.39, 0.29) is 29.0 Å². The highest BCUT2D eigenvalue weighted by Gasteiger charge is 2.27. The Morgan fingerprint density at radius 2 is 2.04 bits per heavy atom. The molecule has 150 valence electrons. The second-order valence-corrected chi connectivity index (χ2v) is 8.90. The minimum absolute atomic E-state index is 0.0391. The van der Waals surface area contributed by atoms with Crippen molar-refractivity contribution in [2.24, 2.45) is 0 Å². The molecule has 1 aromatic heterocycles. The van der Waals surface area contributed by atoms with Crippen molar-refractivity contribution < 1.29 is 18.0 Å². The van der Waals surface area contributed by atoms with Crippen molar-refractivity contribution in [1.82, 2.24) is 20.4 Å². The Morgan fingerprint density at radius 3 is 2.71 bits per heavy atom. The van der Waals surface area contributed by atoms with Gasteiger partial charge in [-0.2, -0.15) is 5.10 Å². The number of benzene rings is 1. The molecule has 2 amide bonds. The van der Waals surface area contributed by atoms with E-state index in [1.165, 1.54) is 16.8 Å². The average molecular weight is 405 g/mol. The molecule has 1 saturated heterocycles. The Kier molecular flexibility index (Phi) is 5.80. The lowest BCUT2D eigenvalue weighted by atomic mass is 10.2. The van der Waals surface area contributed by atoms with Crippen molar-refractivity contribution >= 4 is 27.5 Å². The summed E-state index contributed by atoms with van der Waals surface area (Å²) in [5.74, 6) is -0.483. The molecule has 0 spiro atoms. The zero-order valence-corrected chi connectivity index (χ0v) is 16.5. The molecule has 1 fully saturated rings. The van der Waals surface area contributed by atoms with Gasteiger partial charge in [-0.15, -0.1) is 0 Å². The van der Waals surface area contributed by atoms with Crippen molar-refractivity contribution in [1.29, 1.82) is 0 Å². The average Bonchev–Trinajstić information content (AvgIpc) is 3.00. The molecule has 2 unspecified atom stereocenters. The Hall–Kier alpha value is -2.72. The molecule has 2 heterocycles. The van der Waals surface area contributed by atoms with Crippen LogP contribution in [-0.2, 0) is 19.4 Å². The molecule has 28 heavy (non-hydrogen) atoms. The van der Waals surface area contributed by atoms with E-state index >= 15 is 0 Å². The standard InChI is InChI=1S/C18H23N5O4S/c1-12-11-17(25)21-18(19-12)23-15(10-13(2)22-23)20-16(24)8-9-28(26,27)14-6-4-3-5-7-14/h3-7,10,12,18-19H,8-9,11H2,1-2H3,(H,20,24)(H,21,25). The number of hydrogen-bond acceptors (Lipinski definition) is 6. The first-order chi connectivity index (χ1) is 13.2. The Bertz CT molecular complexity index is 971. The van der Waals surface area contributed by atoms with Crippen LogP contribution in [0.2, 0.25) is 0 Å². The lowest BCUT2D eigenvalue weighted by Crippen LogP contribution is -2.52. The minimum Gasteiger partial charge on any atom is -0.322 e. The fourth-order valence-corrected chi connectivity index (χ4v) is 4.24. The van der Waals surface area contributed by atoms with Gasteiger partial charge in [0.05, 0.1) is 16.3 Å². The van der Waals surface area contributed by atoms with Gasteiger partial charge in [0.2, 0.25) is 11.8 Å². The molecule has 1 aliphatic rings. The van der Waals surface area contributed by atoms with Crippen LogP contribution in [0.3, 0.4) is 0 Å². The van der Waals surface area contributed by atoms with Gasteiger partial charge in [-0.05, 0) is 26.0 Å². The van der Waals surface area contributed by atoms with Gasteiger partial charge in [0, 0.05) is 24.9 Å². The summed E-state index contributed by atoms with van der Waals surface area (Å²) in [6.07, 6.45) is -0.425. The molecule has 1 aliphatic heterocycles. The van der Waals surface area contributed by atoms with E-state index < -0.39 is 22.0 Å². The molecule has 3 N–H and O–H groups in total. The Labute approximate surface area is 163 Å². The second kappa shape index (κ2) is 8.11. The van der Waals surface area contributed by atoms with Gasteiger partial charge in [0.1, 0.15) is 5.82 Å². The second-order valence-electron chi connectivity index (χ2n) is 6.79. The van der Waals surface area contributed by atoms with E-state index in [2.05, 4.69) is 21.0 Å². The molecule has 10 heteroatoms. The fourth-order valence-electron chi connectivity index (χ4n) is 2.98. The zero-order chi connectivity index (χ0) is 20.3. The third-order valence-electron chi connectivity index (χ3n) is 4.30. The SMILES string of the molecule is Cc1cc(NC(=O)CCS(=O)(=O)c2ccccc2)n(C2NC(=O)CC(C)N2)n1. The molecule has 0 saturated carbocycles. The highest BCUT2D eigenvalue weighted by molar-refractivity contribution is 7.91.